The van der Waals surface area contributed by atoms with Crippen molar-refractivity contribution in [2.75, 3.05) is 0 Å². The Morgan fingerprint density at radius 1 is 1.00 bits per heavy atom. The number of aryl methyl sites for hydroxylation is 2. The van der Waals surface area contributed by atoms with Gasteiger partial charge in [-0.15, -0.1) is 0 Å². The van der Waals surface area contributed by atoms with E-state index < -0.39 is 0 Å². The number of hydrogen-bond acceptors (Lipinski definition) is 0. The van der Waals surface area contributed by atoms with Crippen molar-refractivity contribution in [3.63, 3.8) is 0 Å². The van der Waals surface area contributed by atoms with Gasteiger partial charge in [-0.05, 0) is 26.3 Å². The summed E-state index contributed by atoms with van der Waals surface area (Å²) in [5.41, 5.74) is 3.96. The van der Waals surface area contributed by atoms with Crippen molar-refractivity contribution >= 4 is 6.08 Å². The third-order valence-corrected chi connectivity index (χ3v) is 1.60. The van der Waals surface area contributed by atoms with Crippen molar-refractivity contribution in [1.29, 1.82) is 0 Å². The predicted molar refractivity (Wildman–Crippen MR) is 50.6 cm³/mol. The molecular weight excluding hydrogens is 132 g/mol. The summed E-state index contributed by atoms with van der Waals surface area (Å²) in [6.07, 6.45) is 4.19. The zero-order valence-electron chi connectivity index (χ0n) is 7.39. The molecular formula is C11H14. The molecule has 1 rings (SSSR count). The normalized spacial score (nSPS) is 10.8. The van der Waals surface area contributed by atoms with Crippen LogP contribution >= 0.6 is 0 Å². The van der Waals surface area contributed by atoms with E-state index >= 15 is 0 Å². The second-order valence-corrected chi connectivity index (χ2v) is 2.92. The second kappa shape index (κ2) is 3.38. The summed E-state index contributed by atoms with van der Waals surface area (Å²) < 4.78 is 0. The fraction of sp³-hybridized carbons (Fsp3) is 0.273. The molecule has 11 heavy (non-hydrogen) atoms. The molecule has 0 spiro atoms. The van der Waals surface area contributed by atoms with Crippen molar-refractivity contribution in [3.8, 4) is 0 Å². The molecule has 0 saturated carbocycles. The van der Waals surface area contributed by atoms with E-state index in [0.29, 0.717) is 0 Å². The highest BCUT2D eigenvalue weighted by molar-refractivity contribution is 5.51. The number of allylic oxidation sites excluding steroid dienone is 1. The standard InChI is InChI=1S/C11H14/c1-4-5-11-7-9(2)6-10(3)8-11/h4-8H,1-3H3/b5-4-. The summed E-state index contributed by atoms with van der Waals surface area (Å²) in [4.78, 5) is 0. The van der Waals surface area contributed by atoms with Gasteiger partial charge in [0.05, 0.1) is 0 Å². The van der Waals surface area contributed by atoms with Crippen LogP contribution in [0.1, 0.15) is 23.6 Å². The van der Waals surface area contributed by atoms with Crippen molar-refractivity contribution in [3.05, 3.63) is 41.0 Å². The molecule has 58 valence electrons. The van der Waals surface area contributed by atoms with Gasteiger partial charge in [0.25, 0.3) is 0 Å². The van der Waals surface area contributed by atoms with Crippen LogP contribution in [0.15, 0.2) is 24.3 Å². The van der Waals surface area contributed by atoms with Gasteiger partial charge in [-0.1, -0.05) is 41.5 Å². The lowest BCUT2D eigenvalue weighted by molar-refractivity contribution is 1.37. The fourth-order valence-electron chi connectivity index (χ4n) is 1.30. The van der Waals surface area contributed by atoms with Gasteiger partial charge in [0, 0.05) is 0 Å². The van der Waals surface area contributed by atoms with E-state index in [2.05, 4.69) is 44.2 Å². The molecule has 0 bridgehead atoms. The Kier molecular flexibility index (Phi) is 2.48. The molecule has 0 unspecified atom stereocenters. The lowest BCUT2D eigenvalue weighted by Gasteiger charge is -1.98. The molecule has 0 heteroatoms. The van der Waals surface area contributed by atoms with Gasteiger partial charge in [-0.25, -0.2) is 0 Å². The minimum Gasteiger partial charge on any atom is -0.0871 e. The summed E-state index contributed by atoms with van der Waals surface area (Å²) in [5, 5.41) is 0. The third kappa shape index (κ3) is 2.23. The first-order valence-corrected chi connectivity index (χ1v) is 3.93. The fourth-order valence-corrected chi connectivity index (χ4v) is 1.30. The largest absolute Gasteiger partial charge is 0.0871 e. The van der Waals surface area contributed by atoms with Crippen LogP contribution in [-0.4, -0.2) is 0 Å². The van der Waals surface area contributed by atoms with E-state index in [1.165, 1.54) is 16.7 Å². The minimum absolute atomic E-state index is 1.30. The Morgan fingerprint density at radius 3 is 2.00 bits per heavy atom. The average Bonchev–Trinajstić information content (AvgIpc) is 1.85. The van der Waals surface area contributed by atoms with Crippen molar-refractivity contribution in [2.45, 2.75) is 20.8 Å². The van der Waals surface area contributed by atoms with Crippen LogP contribution in [0.4, 0.5) is 0 Å². The zero-order chi connectivity index (χ0) is 8.27. The summed E-state index contributed by atoms with van der Waals surface area (Å²) in [7, 11) is 0. The quantitative estimate of drug-likeness (QED) is 0.570. The minimum atomic E-state index is 1.30. The highest BCUT2D eigenvalue weighted by Gasteiger charge is 1.89. The molecule has 0 N–H and O–H groups in total. The summed E-state index contributed by atoms with van der Waals surface area (Å²) >= 11 is 0. The Hall–Kier alpha value is -1.04. The van der Waals surface area contributed by atoms with Gasteiger partial charge in [0.2, 0.25) is 0 Å². The Bertz CT molecular complexity index is 249. The third-order valence-electron chi connectivity index (χ3n) is 1.60. The van der Waals surface area contributed by atoms with Crippen molar-refractivity contribution in [1.82, 2.24) is 0 Å². The maximum Gasteiger partial charge on any atom is -0.0255 e. The summed E-state index contributed by atoms with van der Waals surface area (Å²) in [6.45, 7) is 6.29. The number of rotatable bonds is 1. The lowest BCUT2D eigenvalue weighted by Crippen LogP contribution is -1.79. The molecule has 0 saturated heterocycles. The van der Waals surface area contributed by atoms with E-state index in [0.717, 1.165) is 0 Å². The lowest BCUT2D eigenvalue weighted by atomic mass is 10.1. The molecule has 0 heterocycles. The van der Waals surface area contributed by atoms with Crippen LogP contribution < -0.4 is 0 Å². The van der Waals surface area contributed by atoms with Gasteiger partial charge in [0.15, 0.2) is 0 Å². The second-order valence-electron chi connectivity index (χ2n) is 2.92. The maximum absolute atomic E-state index is 2.19. The SMILES string of the molecule is C/C=C\c1cc(C)cc(C)c1. The van der Waals surface area contributed by atoms with E-state index in [1.807, 2.05) is 6.92 Å². The monoisotopic (exact) mass is 146 g/mol. The summed E-state index contributed by atoms with van der Waals surface area (Å²) in [6, 6.07) is 6.56. The molecule has 1 aromatic carbocycles. The molecule has 0 fully saturated rings. The van der Waals surface area contributed by atoms with Crippen molar-refractivity contribution < 1.29 is 0 Å². The van der Waals surface area contributed by atoms with Crippen LogP contribution in [0.5, 0.6) is 0 Å². The van der Waals surface area contributed by atoms with Gasteiger partial charge in [0.1, 0.15) is 0 Å². The predicted octanol–water partition coefficient (Wildman–Crippen LogP) is 3.34. The van der Waals surface area contributed by atoms with Gasteiger partial charge < -0.3 is 0 Å². The average molecular weight is 146 g/mol. The van der Waals surface area contributed by atoms with E-state index in [4.69, 9.17) is 0 Å². The van der Waals surface area contributed by atoms with Crippen molar-refractivity contribution in [2.24, 2.45) is 0 Å². The smallest absolute Gasteiger partial charge is 0.0255 e. The zero-order valence-corrected chi connectivity index (χ0v) is 7.39. The molecule has 0 aliphatic rings. The first-order valence-electron chi connectivity index (χ1n) is 3.93. The molecule has 0 radical (unpaired) electrons. The molecule has 1 aromatic rings. The number of hydrogen-bond donors (Lipinski definition) is 0. The topological polar surface area (TPSA) is 0 Å². The Labute approximate surface area is 68.6 Å². The van der Waals surface area contributed by atoms with Gasteiger partial charge >= 0.3 is 0 Å². The first-order chi connectivity index (χ1) is 5.22. The van der Waals surface area contributed by atoms with Gasteiger partial charge in [-0.2, -0.15) is 0 Å². The van der Waals surface area contributed by atoms with Crippen LogP contribution in [0.3, 0.4) is 0 Å². The molecule has 0 nitrogen and oxygen atoms in total. The molecule has 0 amide bonds. The first kappa shape index (κ1) is 8.06. The highest BCUT2D eigenvalue weighted by Crippen LogP contribution is 2.09. The molecule has 0 aromatic heterocycles. The Balaban J connectivity index is 3.08. The maximum atomic E-state index is 2.19. The van der Waals surface area contributed by atoms with E-state index in [-0.39, 0.29) is 0 Å². The summed E-state index contributed by atoms with van der Waals surface area (Å²) in [5.74, 6) is 0. The van der Waals surface area contributed by atoms with Gasteiger partial charge in [-0.3, -0.25) is 0 Å². The van der Waals surface area contributed by atoms with Crippen LogP contribution in [-0.2, 0) is 0 Å². The van der Waals surface area contributed by atoms with E-state index in [9.17, 15) is 0 Å². The van der Waals surface area contributed by atoms with E-state index in [1.54, 1.807) is 0 Å². The number of benzene rings is 1. The Morgan fingerprint density at radius 2 is 1.55 bits per heavy atom. The molecule has 0 aliphatic carbocycles. The molecule has 0 atom stereocenters. The molecule has 0 aliphatic heterocycles. The van der Waals surface area contributed by atoms with Crippen LogP contribution in [0.2, 0.25) is 0 Å². The van der Waals surface area contributed by atoms with Crippen LogP contribution in [0.25, 0.3) is 6.08 Å². The van der Waals surface area contributed by atoms with Crippen LogP contribution in [0, 0.1) is 13.8 Å². The highest BCUT2D eigenvalue weighted by atomic mass is 14.0.